The Morgan fingerprint density at radius 1 is 0.638 bits per heavy atom. The van der Waals surface area contributed by atoms with E-state index in [2.05, 4.69) is 223 Å². The molecule has 0 aliphatic carbocycles. The van der Waals surface area contributed by atoms with Crippen LogP contribution in [0, 0.1) is 12.1 Å². The average Bonchev–Trinajstić information content (AvgIpc) is 3.91. The number of para-hydroxylation sites is 2. The largest absolute Gasteiger partial charge is 0.333 e. The predicted octanol–water partition coefficient (Wildman–Crippen LogP) is 17.5. The van der Waals surface area contributed by atoms with Crippen LogP contribution >= 0.6 is 11.3 Å². The first-order chi connectivity index (χ1) is 32.7. The Morgan fingerprint density at radius 2 is 1.32 bits per heavy atom. The van der Waals surface area contributed by atoms with Crippen LogP contribution < -0.4 is 5.19 Å². The van der Waals surface area contributed by atoms with E-state index in [1.165, 1.54) is 80.4 Å². The van der Waals surface area contributed by atoms with Gasteiger partial charge < -0.3 is 9.55 Å². The van der Waals surface area contributed by atoms with E-state index in [0.717, 1.165) is 33.7 Å². The zero-order chi connectivity index (χ0) is 47.5. The van der Waals surface area contributed by atoms with Crippen molar-refractivity contribution in [3.8, 4) is 39.5 Å². The Hall–Kier alpha value is -6.01. The molecular formula is C63H59IrN3SSi-2. The van der Waals surface area contributed by atoms with Gasteiger partial charge in [0.15, 0.2) is 0 Å². The van der Waals surface area contributed by atoms with Crippen LogP contribution in [0.3, 0.4) is 0 Å². The fourth-order valence-electron chi connectivity index (χ4n) is 9.67. The van der Waals surface area contributed by atoms with E-state index in [1.54, 1.807) is 0 Å². The molecule has 8 aromatic carbocycles. The fourth-order valence-corrected chi connectivity index (χ4v) is 11.9. The molecule has 347 valence electrons. The Kier molecular flexibility index (Phi) is 13.3. The molecule has 0 amide bonds. The molecule has 11 aromatic rings. The number of aromatic nitrogens is 3. The molecule has 0 saturated heterocycles. The van der Waals surface area contributed by atoms with Gasteiger partial charge in [0.2, 0.25) is 0 Å². The molecule has 3 aromatic heterocycles. The van der Waals surface area contributed by atoms with Crippen molar-refractivity contribution in [3.63, 3.8) is 0 Å². The molecule has 6 heteroatoms. The molecule has 3 heterocycles. The number of fused-ring (bicyclic) bond motifs is 7. The van der Waals surface area contributed by atoms with Gasteiger partial charge in [-0.05, 0) is 118 Å². The molecule has 3 nitrogen and oxygen atoms in total. The summed E-state index contributed by atoms with van der Waals surface area (Å²) in [6.45, 7) is 23.2. The summed E-state index contributed by atoms with van der Waals surface area (Å²) in [7, 11) is -1.23. The molecule has 0 aliphatic heterocycles. The Labute approximate surface area is 426 Å². The molecule has 0 atom stereocenters. The van der Waals surface area contributed by atoms with Crippen molar-refractivity contribution < 1.29 is 20.1 Å². The molecule has 1 radical (unpaired) electrons. The maximum absolute atomic E-state index is 5.49. The molecule has 0 saturated carbocycles. The minimum atomic E-state index is -1.23. The maximum Gasteiger partial charge on any atom is 0.0795 e. The molecular weight excluding hydrogens is 1050 g/mol. The summed E-state index contributed by atoms with van der Waals surface area (Å²) in [4.78, 5) is 10.0. The standard InChI is InChI=1S/C49H43N2S.C14H16NSi.Ir/c1-29(2)37-26-34(31-15-9-8-10-16-31)27-38(30(3)4)46(37)51-43-20-14-13-19-42(43)50-48(51)36-23-24-41(49(5,6)7)45-40-25-33-22-21-32-17-11-12-18-35(32)39(33)28-44(40)52-47(36)45;1-16(2,3)13-9-10-14(15-11-13)12-7-5-4-6-8-12;/h8-22,24-30H,1-7H3;4-7,9-11H,1-3H3;/q2*-1;. The van der Waals surface area contributed by atoms with Crippen LogP contribution in [0.1, 0.15) is 77.0 Å². The quantitative estimate of drug-likeness (QED) is 0.0905. The van der Waals surface area contributed by atoms with Gasteiger partial charge in [-0.1, -0.05) is 170 Å². The van der Waals surface area contributed by atoms with Crippen molar-refractivity contribution in [1.29, 1.82) is 0 Å². The number of nitrogens with zero attached hydrogens (tertiary/aromatic N) is 3. The van der Waals surface area contributed by atoms with Gasteiger partial charge in [0, 0.05) is 36.7 Å². The first kappa shape index (κ1) is 48.0. The van der Waals surface area contributed by atoms with Crippen LogP contribution in [-0.2, 0) is 25.5 Å². The normalized spacial score (nSPS) is 12.1. The zero-order valence-corrected chi connectivity index (χ0v) is 45.5. The molecule has 0 spiro atoms. The topological polar surface area (TPSA) is 30.7 Å². The maximum atomic E-state index is 5.49. The van der Waals surface area contributed by atoms with E-state index >= 15 is 0 Å². The number of hydrogen-bond acceptors (Lipinski definition) is 3. The summed E-state index contributed by atoms with van der Waals surface area (Å²) in [5.74, 6) is 1.54. The van der Waals surface area contributed by atoms with Crippen molar-refractivity contribution in [2.75, 3.05) is 0 Å². The van der Waals surface area contributed by atoms with Crippen molar-refractivity contribution in [2.45, 2.75) is 85.4 Å². The third kappa shape index (κ3) is 9.17. The van der Waals surface area contributed by atoms with Gasteiger partial charge >= 0.3 is 0 Å². The van der Waals surface area contributed by atoms with E-state index in [4.69, 9.17) is 4.98 Å². The van der Waals surface area contributed by atoms with E-state index in [9.17, 15) is 0 Å². The number of rotatable bonds is 7. The zero-order valence-electron chi connectivity index (χ0n) is 41.3. The molecule has 69 heavy (non-hydrogen) atoms. The predicted molar refractivity (Wildman–Crippen MR) is 297 cm³/mol. The van der Waals surface area contributed by atoms with Gasteiger partial charge in [-0.25, -0.2) is 0 Å². The van der Waals surface area contributed by atoms with Crippen LogP contribution in [0.15, 0.2) is 164 Å². The summed E-state index contributed by atoms with van der Waals surface area (Å²) in [6, 6.07) is 63.9. The second-order valence-corrected chi connectivity index (χ2v) is 27.0. The van der Waals surface area contributed by atoms with E-state index in [-0.39, 0.29) is 25.5 Å². The third-order valence-corrected chi connectivity index (χ3v) is 16.6. The van der Waals surface area contributed by atoms with Gasteiger partial charge in [-0.15, -0.1) is 53.6 Å². The summed E-state index contributed by atoms with van der Waals surface area (Å²) in [6.07, 6.45) is 2.02. The summed E-state index contributed by atoms with van der Waals surface area (Å²) in [5, 5.41) is 9.17. The Balaban J connectivity index is 0.000000296. The van der Waals surface area contributed by atoms with Gasteiger partial charge in [-0.2, -0.15) is 11.3 Å². The Morgan fingerprint density at radius 3 is 1.99 bits per heavy atom. The van der Waals surface area contributed by atoms with Crippen LogP contribution in [0.25, 0.3) is 92.2 Å². The van der Waals surface area contributed by atoms with Gasteiger partial charge in [0.1, 0.15) is 0 Å². The smallest absolute Gasteiger partial charge is 0.0795 e. The van der Waals surface area contributed by atoms with Gasteiger partial charge in [0.05, 0.1) is 24.9 Å². The SMILES string of the molecule is CC(C)c1cc(-c2ccccc2)cc(C(C)C)c1-n1c(-c2[c-]cc(C(C)(C)C)c3c2sc2cc4c(ccc5ccccc54)cc23)nc2ccccc21.C[Si](C)(C)c1ccc(-c2[c-]cccc2)nc1.[Ir]. The third-order valence-electron chi connectivity index (χ3n) is 13.4. The average molecular weight is 1110 g/mol. The van der Waals surface area contributed by atoms with Crippen LogP contribution in [0.2, 0.25) is 19.6 Å². The summed E-state index contributed by atoms with van der Waals surface area (Å²) >= 11 is 1.89. The van der Waals surface area contributed by atoms with Crippen molar-refractivity contribution in [3.05, 3.63) is 193 Å². The number of hydrogen-bond donors (Lipinski definition) is 0. The van der Waals surface area contributed by atoms with E-state index in [0.29, 0.717) is 11.8 Å². The summed E-state index contributed by atoms with van der Waals surface area (Å²) in [5.41, 5.74) is 12.9. The first-order valence-electron chi connectivity index (χ1n) is 24.0. The molecule has 11 rings (SSSR count). The molecule has 0 unspecified atom stereocenters. The minimum Gasteiger partial charge on any atom is -0.333 e. The van der Waals surface area contributed by atoms with Crippen molar-refractivity contribution >= 4 is 77.3 Å². The molecule has 0 N–H and O–H groups in total. The fraction of sp³-hybridized carbons (Fsp3) is 0.206. The van der Waals surface area contributed by atoms with Crippen molar-refractivity contribution in [2.24, 2.45) is 0 Å². The Bertz CT molecular complexity index is 3600. The van der Waals surface area contributed by atoms with Crippen LogP contribution in [0.4, 0.5) is 0 Å². The number of imidazole rings is 1. The van der Waals surface area contributed by atoms with E-state index in [1.807, 2.05) is 41.8 Å². The van der Waals surface area contributed by atoms with Gasteiger partial charge in [0.25, 0.3) is 0 Å². The number of thiophene rings is 1. The molecule has 0 aliphatic rings. The monoisotopic (exact) mass is 1110 g/mol. The van der Waals surface area contributed by atoms with Crippen molar-refractivity contribution in [1.82, 2.24) is 14.5 Å². The van der Waals surface area contributed by atoms with Gasteiger partial charge in [-0.3, -0.25) is 4.98 Å². The molecule has 0 bridgehead atoms. The number of benzene rings is 8. The molecule has 0 fully saturated rings. The second-order valence-electron chi connectivity index (χ2n) is 20.9. The summed E-state index contributed by atoms with van der Waals surface area (Å²) < 4.78 is 5.01. The number of pyridine rings is 1. The van der Waals surface area contributed by atoms with Crippen LogP contribution in [0.5, 0.6) is 0 Å². The minimum absolute atomic E-state index is 0. The first-order valence-corrected chi connectivity index (χ1v) is 28.4. The van der Waals surface area contributed by atoms with E-state index < -0.39 is 8.07 Å². The second kappa shape index (κ2) is 19.1. The van der Waals surface area contributed by atoms with Crippen LogP contribution in [-0.4, -0.2) is 22.6 Å².